The van der Waals surface area contributed by atoms with E-state index in [1.165, 1.54) is 12.0 Å². The summed E-state index contributed by atoms with van der Waals surface area (Å²) < 4.78 is 5.37. The highest BCUT2D eigenvalue weighted by atomic mass is 16.5. The van der Waals surface area contributed by atoms with E-state index >= 15 is 0 Å². The van der Waals surface area contributed by atoms with Crippen LogP contribution in [0.4, 0.5) is 0 Å². The molecule has 1 aliphatic rings. The van der Waals surface area contributed by atoms with Crippen molar-refractivity contribution in [1.82, 2.24) is 15.5 Å². The van der Waals surface area contributed by atoms with Gasteiger partial charge in [0, 0.05) is 13.0 Å². The molecule has 1 saturated carbocycles. The third-order valence-electron chi connectivity index (χ3n) is 4.02. The first-order valence-electron chi connectivity index (χ1n) is 6.88. The minimum atomic E-state index is -0.0113. The lowest BCUT2D eigenvalue weighted by Crippen LogP contribution is -2.36. The van der Waals surface area contributed by atoms with Gasteiger partial charge in [-0.2, -0.15) is 4.98 Å². The van der Waals surface area contributed by atoms with Gasteiger partial charge in [0.1, 0.15) is 0 Å². The summed E-state index contributed by atoms with van der Waals surface area (Å²) in [5.41, 5.74) is 1.30. The smallest absolute Gasteiger partial charge is 0.227 e. The maximum absolute atomic E-state index is 5.37. The summed E-state index contributed by atoms with van der Waals surface area (Å²) in [5, 5.41) is 7.32. The zero-order valence-electron chi connectivity index (χ0n) is 11.2. The molecular weight excluding hydrogens is 238 g/mol. The molecule has 4 heteroatoms. The number of nitrogens with zero attached hydrogens (tertiary/aromatic N) is 2. The minimum absolute atomic E-state index is 0.0113. The first kappa shape index (κ1) is 12.4. The van der Waals surface area contributed by atoms with Crippen LogP contribution in [0.3, 0.4) is 0 Å². The number of likely N-dealkylation sites (N-methyl/N-ethyl adjacent to an activating group) is 1. The Balaban J connectivity index is 1.88. The van der Waals surface area contributed by atoms with Crippen molar-refractivity contribution in [3.63, 3.8) is 0 Å². The number of rotatable bonds is 5. The van der Waals surface area contributed by atoms with Crippen molar-refractivity contribution in [1.29, 1.82) is 0 Å². The van der Waals surface area contributed by atoms with Gasteiger partial charge in [0.05, 0.1) is 5.41 Å². The molecule has 0 aliphatic heterocycles. The SMILES string of the molecule is CNCCc1nc(C2(c3ccccc3)CCC2)no1. The van der Waals surface area contributed by atoms with Gasteiger partial charge in [-0.05, 0) is 25.5 Å². The van der Waals surface area contributed by atoms with Gasteiger partial charge in [-0.1, -0.05) is 41.9 Å². The van der Waals surface area contributed by atoms with E-state index in [1.54, 1.807) is 0 Å². The van der Waals surface area contributed by atoms with Gasteiger partial charge in [0.15, 0.2) is 5.82 Å². The van der Waals surface area contributed by atoms with Crippen LogP contribution in [0.15, 0.2) is 34.9 Å². The van der Waals surface area contributed by atoms with Gasteiger partial charge in [0.2, 0.25) is 5.89 Å². The number of benzene rings is 1. The topological polar surface area (TPSA) is 51.0 Å². The van der Waals surface area contributed by atoms with Crippen molar-refractivity contribution >= 4 is 0 Å². The van der Waals surface area contributed by atoms with Crippen LogP contribution >= 0.6 is 0 Å². The fourth-order valence-electron chi connectivity index (χ4n) is 2.71. The van der Waals surface area contributed by atoms with Gasteiger partial charge in [-0.15, -0.1) is 0 Å². The zero-order valence-corrected chi connectivity index (χ0v) is 11.2. The van der Waals surface area contributed by atoms with E-state index in [0.29, 0.717) is 0 Å². The van der Waals surface area contributed by atoms with Crippen molar-refractivity contribution in [2.45, 2.75) is 31.1 Å². The van der Waals surface area contributed by atoms with Crippen LogP contribution in [-0.2, 0) is 11.8 Å². The van der Waals surface area contributed by atoms with Gasteiger partial charge in [-0.25, -0.2) is 0 Å². The molecule has 1 aromatic heterocycles. The molecule has 1 fully saturated rings. The maximum Gasteiger partial charge on any atom is 0.227 e. The van der Waals surface area contributed by atoms with E-state index in [4.69, 9.17) is 4.52 Å². The quantitative estimate of drug-likeness (QED) is 0.893. The molecule has 4 nitrogen and oxygen atoms in total. The van der Waals surface area contributed by atoms with Gasteiger partial charge >= 0.3 is 0 Å². The normalized spacial score (nSPS) is 17.1. The fourth-order valence-corrected chi connectivity index (χ4v) is 2.71. The van der Waals surface area contributed by atoms with Crippen molar-refractivity contribution < 1.29 is 4.52 Å². The molecule has 2 aromatic rings. The maximum atomic E-state index is 5.37. The highest BCUT2D eigenvalue weighted by molar-refractivity contribution is 5.35. The van der Waals surface area contributed by atoms with Crippen LogP contribution in [-0.4, -0.2) is 23.7 Å². The van der Waals surface area contributed by atoms with Crippen LogP contribution in [0.5, 0.6) is 0 Å². The lowest BCUT2D eigenvalue weighted by molar-refractivity contribution is 0.271. The minimum Gasteiger partial charge on any atom is -0.339 e. The van der Waals surface area contributed by atoms with Gasteiger partial charge in [-0.3, -0.25) is 0 Å². The summed E-state index contributed by atoms with van der Waals surface area (Å²) in [4.78, 5) is 4.60. The first-order chi connectivity index (χ1) is 9.35. The lowest BCUT2D eigenvalue weighted by Gasteiger charge is -2.39. The van der Waals surface area contributed by atoms with Crippen LogP contribution < -0.4 is 5.32 Å². The highest BCUT2D eigenvalue weighted by Crippen LogP contribution is 2.47. The van der Waals surface area contributed by atoms with Gasteiger partial charge < -0.3 is 9.84 Å². The fraction of sp³-hybridized carbons (Fsp3) is 0.467. The van der Waals surface area contributed by atoms with Crippen LogP contribution in [0.25, 0.3) is 0 Å². The summed E-state index contributed by atoms with van der Waals surface area (Å²) >= 11 is 0. The average molecular weight is 257 g/mol. The standard InChI is InChI=1S/C15H19N3O/c1-16-11-8-13-17-14(18-19-13)15(9-5-10-15)12-6-3-2-4-7-12/h2-4,6-7,16H,5,8-11H2,1H3. The van der Waals surface area contributed by atoms with E-state index in [1.807, 2.05) is 13.1 Å². The summed E-state index contributed by atoms with van der Waals surface area (Å²) in [6, 6.07) is 10.5. The molecular formula is C15H19N3O. The summed E-state index contributed by atoms with van der Waals surface area (Å²) in [5.74, 6) is 1.59. The summed E-state index contributed by atoms with van der Waals surface area (Å²) in [6.45, 7) is 0.861. The molecule has 1 heterocycles. The molecule has 100 valence electrons. The monoisotopic (exact) mass is 257 g/mol. The second-order valence-electron chi connectivity index (χ2n) is 5.17. The molecule has 0 spiro atoms. The third kappa shape index (κ3) is 2.16. The summed E-state index contributed by atoms with van der Waals surface area (Å²) in [7, 11) is 1.93. The molecule has 0 bridgehead atoms. The first-order valence-corrected chi connectivity index (χ1v) is 6.88. The van der Waals surface area contributed by atoms with E-state index in [0.717, 1.165) is 37.5 Å². The third-order valence-corrected chi connectivity index (χ3v) is 4.02. The second-order valence-corrected chi connectivity index (χ2v) is 5.17. The van der Waals surface area contributed by atoms with E-state index in [-0.39, 0.29) is 5.41 Å². The summed E-state index contributed by atoms with van der Waals surface area (Å²) in [6.07, 6.45) is 4.24. The molecule has 0 saturated heterocycles. The Morgan fingerprint density at radius 1 is 1.26 bits per heavy atom. The van der Waals surface area contributed by atoms with Crippen LogP contribution in [0.2, 0.25) is 0 Å². The van der Waals surface area contributed by atoms with Crippen molar-refractivity contribution in [2.75, 3.05) is 13.6 Å². The molecule has 1 aromatic carbocycles. The molecule has 0 atom stereocenters. The Kier molecular flexibility index (Phi) is 3.34. The Morgan fingerprint density at radius 2 is 2.05 bits per heavy atom. The molecule has 0 radical (unpaired) electrons. The predicted octanol–water partition coefficient (Wildman–Crippen LogP) is 2.30. The number of aromatic nitrogens is 2. The second kappa shape index (κ2) is 5.13. The van der Waals surface area contributed by atoms with E-state index < -0.39 is 0 Å². The molecule has 19 heavy (non-hydrogen) atoms. The van der Waals surface area contributed by atoms with Crippen LogP contribution in [0, 0.1) is 0 Å². The van der Waals surface area contributed by atoms with Crippen molar-refractivity contribution in [3.05, 3.63) is 47.6 Å². The molecule has 0 amide bonds. The van der Waals surface area contributed by atoms with Gasteiger partial charge in [0.25, 0.3) is 0 Å². The molecule has 3 rings (SSSR count). The van der Waals surface area contributed by atoms with Crippen LogP contribution in [0.1, 0.15) is 36.5 Å². The van der Waals surface area contributed by atoms with Crippen molar-refractivity contribution in [2.24, 2.45) is 0 Å². The average Bonchev–Trinajstić information content (AvgIpc) is 2.85. The van der Waals surface area contributed by atoms with E-state index in [2.05, 4.69) is 39.7 Å². The Bertz CT molecular complexity index is 531. The molecule has 1 aliphatic carbocycles. The Morgan fingerprint density at radius 3 is 2.68 bits per heavy atom. The molecule has 0 unspecified atom stereocenters. The molecule has 1 N–H and O–H groups in total. The predicted molar refractivity (Wildman–Crippen MR) is 73.0 cm³/mol. The lowest BCUT2D eigenvalue weighted by atomic mass is 9.64. The number of nitrogens with one attached hydrogen (secondary N) is 1. The van der Waals surface area contributed by atoms with Crippen molar-refractivity contribution in [3.8, 4) is 0 Å². The number of hydrogen-bond donors (Lipinski definition) is 1. The Hall–Kier alpha value is -1.68. The highest BCUT2D eigenvalue weighted by Gasteiger charge is 2.44. The Labute approximate surface area is 113 Å². The van der Waals surface area contributed by atoms with E-state index in [9.17, 15) is 0 Å². The largest absolute Gasteiger partial charge is 0.339 e. The zero-order chi connectivity index (χ0) is 13.1. The number of hydrogen-bond acceptors (Lipinski definition) is 4.